The molecule has 0 aliphatic rings. The molecule has 1 aromatic rings. The molecule has 1 nitrogen and oxygen atoms in total. The van der Waals surface area contributed by atoms with Crippen LogP contribution in [0.4, 0.5) is 0 Å². The topological polar surface area (TPSA) is 20.2 Å². The molecule has 9 heavy (non-hydrogen) atoms. The summed E-state index contributed by atoms with van der Waals surface area (Å²) in [5.74, 6) is 0. The molecule has 1 N–H and O–H groups in total. The van der Waals surface area contributed by atoms with E-state index in [-0.39, 0.29) is 6.10 Å². The first-order valence-electron chi connectivity index (χ1n) is 2.93. The Kier molecular flexibility index (Phi) is 1.88. The number of aliphatic hydroxyl groups is 1. The van der Waals surface area contributed by atoms with E-state index in [0.717, 1.165) is 4.88 Å². The highest BCUT2D eigenvalue weighted by molar-refractivity contribution is 7.10. The van der Waals surface area contributed by atoms with Crippen LogP contribution in [0.25, 0.3) is 0 Å². The molecule has 1 heterocycles. The fraction of sp³-hybridized carbons (Fsp3) is 0.429. The molecule has 0 saturated heterocycles. The van der Waals surface area contributed by atoms with Crippen molar-refractivity contribution in [1.82, 2.24) is 0 Å². The zero-order valence-corrected chi connectivity index (χ0v) is 6.40. The second-order valence-corrected chi connectivity index (χ2v) is 3.15. The predicted molar refractivity (Wildman–Crippen MR) is 39.7 cm³/mol. The van der Waals surface area contributed by atoms with Crippen LogP contribution in [0.15, 0.2) is 11.4 Å². The smallest absolute Gasteiger partial charge is 0.0854 e. The van der Waals surface area contributed by atoms with Crippen LogP contribution >= 0.6 is 11.3 Å². The summed E-state index contributed by atoms with van der Waals surface area (Å²) in [6.45, 7) is 3.81. The molecule has 1 atom stereocenters. The molecular weight excluding hydrogens is 132 g/mol. The van der Waals surface area contributed by atoms with Gasteiger partial charge in [-0.05, 0) is 30.9 Å². The van der Waals surface area contributed by atoms with Crippen molar-refractivity contribution < 1.29 is 5.11 Å². The molecule has 1 rings (SSSR count). The summed E-state index contributed by atoms with van der Waals surface area (Å²) in [4.78, 5) is 1.05. The van der Waals surface area contributed by atoms with Crippen molar-refractivity contribution in [2.24, 2.45) is 0 Å². The highest BCUT2D eigenvalue weighted by Crippen LogP contribution is 2.20. The first-order valence-corrected chi connectivity index (χ1v) is 3.81. The second-order valence-electron chi connectivity index (χ2n) is 2.20. The maximum atomic E-state index is 9.05. The minimum Gasteiger partial charge on any atom is -0.388 e. The summed E-state index contributed by atoms with van der Waals surface area (Å²) < 4.78 is 0. The van der Waals surface area contributed by atoms with Crippen molar-refractivity contribution in [3.8, 4) is 0 Å². The highest BCUT2D eigenvalue weighted by atomic mass is 32.1. The van der Waals surface area contributed by atoms with Gasteiger partial charge in [-0.15, -0.1) is 11.3 Å². The standard InChI is InChI=1S/C7H10OS/c1-5-3-7(6(2)8)9-4-5/h3-4,6,8H,1-2H3/t6-/m1/s1. The van der Waals surface area contributed by atoms with Gasteiger partial charge in [-0.3, -0.25) is 0 Å². The molecule has 0 saturated carbocycles. The van der Waals surface area contributed by atoms with Crippen molar-refractivity contribution >= 4 is 11.3 Å². The summed E-state index contributed by atoms with van der Waals surface area (Å²) in [6.07, 6.45) is -0.302. The van der Waals surface area contributed by atoms with E-state index < -0.39 is 0 Å². The zero-order chi connectivity index (χ0) is 6.85. The first-order chi connectivity index (χ1) is 4.20. The minimum absolute atomic E-state index is 0.302. The van der Waals surface area contributed by atoms with Crippen LogP contribution in [0.1, 0.15) is 23.5 Å². The molecule has 2 heteroatoms. The number of hydrogen-bond donors (Lipinski definition) is 1. The lowest BCUT2D eigenvalue weighted by Gasteiger charge is -1.95. The van der Waals surface area contributed by atoms with Crippen molar-refractivity contribution in [3.05, 3.63) is 21.9 Å². The quantitative estimate of drug-likeness (QED) is 0.636. The van der Waals surface area contributed by atoms with Gasteiger partial charge in [0.1, 0.15) is 0 Å². The van der Waals surface area contributed by atoms with Crippen LogP contribution in [0.5, 0.6) is 0 Å². The van der Waals surface area contributed by atoms with Crippen LogP contribution in [0.3, 0.4) is 0 Å². The van der Waals surface area contributed by atoms with Crippen molar-refractivity contribution in [2.75, 3.05) is 0 Å². The molecule has 0 radical (unpaired) electrons. The van der Waals surface area contributed by atoms with E-state index in [4.69, 9.17) is 5.11 Å². The van der Waals surface area contributed by atoms with Crippen LogP contribution in [0.2, 0.25) is 0 Å². The van der Waals surface area contributed by atoms with E-state index in [1.54, 1.807) is 18.3 Å². The van der Waals surface area contributed by atoms with Crippen molar-refractivity contribution in [2.45, 2.75) is 20.0 Å². The van der Waals surface area contributed by atoms with Gasteiger partial charge < -0.3 is 5.11 Å². The van der Waals surface area contributed by atoms with Crippen LogP contribution in [-0.2, 0) is 0 Å². The number of thiophene rings is 1. The number of rotatable bonds is 1. The number of hydrogen-bond acceptors (Lipinski definition) is 2. The third kappa shape index (κ3) is 1.53. The Balaban J connectivity index is 2.85. The van der Waals surface area contributed by atoms with Crippen LogP contribution in [-0.4, -0.2) is 5.11 Å². The fourth-order valence-corrected chi connectivity index (χ4v) is 1.51. The summed E-state index contributed by atoms with van der Waals surface area (Å²) >= 11 is 1.61. The van der Waals surface area contributed by atoms with Crippen molar-refractivity contribution in [1.29, 1.82) is 0 Å². The minimum atomic E-state index is -0.302. The Labute approximate surface area is 59.0 Å². The van der Waals surface area contributed by atoms with E-state index in [2.05, 4.69) is 0 Å². The van der Waals surface area contributed by atoms with E-state index in [9.17, 15) is 0 Å². The van der Waals surface area contributed by atoms with Gasteiger partial charge in [-0.25, -0.2) is 0 Å². The predicted octanol–water partition coefficient (Wildman–Crippen LogP) is 2.11. The van der Waals surface area contributed by atoms with Gasteiger partial charge in [-0.1, -0.05) is 0 Å². The van der Waals surface area contributed by atoms with Crippen LogP contribution in [0, 0.1) is 6.92 Å². The van der Waals surface area contributed by atoms with Gasteiger partial charge in [0.15, 0.2) is 0 Å². The van der Waals surface area contributed by atoms with E-state index in [1.165, 1.54) is 5.56 Å². The lowest BCUT2D eigenvalue weighted by atomic mass is 10.3. The Hall–Kier alpha value is -0.340. The molecule has 0 unspecified atom stereocenters. The van der Waals surface area contributed by atoms with Gasteiger partial charge in [0, 0.05) is 4.88 Å². The average molecular weight is 142 g/mol. The van der Waals surface area contributed by atoms with Gasteiger partial charge in [0.05, 0.1) is 6.10 Å². The van der Waals surface area contributed by atoms with Gasteiger partial charge in [0.25, 0.3) is 0 Å². The summed E-state index contributed by atoms with van der Waals surface area (Å²) in [5, 5.41) is 11.1. The van der Waals surface area contributed by atoms with Gasteiger partial charge >= 0.3 is 0 Å². The lowest BCUT2D eigenvalue weighted by Crippen LogP contribution is -1.83. The maximum Gasteiger partial charge on any atom is 0.0854 e. The average Bonchev–Trinajstić information content (AvgIpc) is 2.14. The molecule has 0 spiro atoms. The summed E-state index contributed by atoms with van der Waals surface area (Å²) in [7, 11) is 0. The Morgan fingerprint density at radius 2 is 2.33 bits per heavy atom. The fourth-order valence-electron chi connectivity index (χ4n) is 0.672. The largest absolute Gasteiger partial charge is 0.388 e. The Bertz CT molecular complexity index is 191. The second kappa shape index (κ2) is 2.50. The number of aryl methyl sites for hydroxylation is 1. The van der Waals surface area contributed by atoms with Crippen LogP contribution < -0.4 is 0 Å². The van der Waals surface area contributed by atoms with E-state index in [1.807, 2.05) is 18.4 Å². The molecule has 0 aromatic carbocycles. The lowest BCUT2D eigenvalue weighted by molar-refractivity contribution is 0.203. The molecule has 0 bridgehead atoms. The third-order valence-electron chi connectivity index (χ3n) is 1.16. The Morgan fingerprint density at radius 3 is 2.56 bits per heavy atom. The summed E-state index contributed by atoms with van der Waals surface area (Å²) in [6, 6.07) is 2.01. The Morgan fingerprint density at radius 1 is 1.67 bits per heavy atom. The zero-order valence-electron chi connectivity index (χ0n) is 5.59. The normalized spacial score (nSPS) is 13.7. The molecule has 50 valence electrons. The molecule has 0 fully saturated rings. The number of aliphatic hydroxyl groups excluding tert-OH is 1. The van der Waals surface area contributed by atoms with Gasteiger partial charge in [-0.2, -0.15) is 0 Å². The first kappa shape index (κ1) is 6.78. The SMILES string of the molecule is Cc1csc([C@@H](C)O)c1. The highest BCUT2D eigenvalue weighted by Gasteiger charge is 2.00. The molecule has 1 aromatic heterocycles. The maximum absolute atomic E-state index is 9.05. The van der Waals surface area contributed by atoms with Crippen molar-refractivity contribution in [3.63, 3.8) is 0 Å². The monoisotopic (exact) mass is 142 g/mol. The third-order valence-corrected chi connectivity index (χ3v) is 2.38. The van der Waals surface area contributed by atoms with E-state index >= 15 is 0 Å². The molecule has 0 amide bonds. The molecular formula is C7H10OS. The van der Waals surface area contributed by atoms with E-state index in [0.29, 0.717) is 0 Å². The molecule has 0 aliphatic heterocycles. The van der Waals surface area contributed by atoms with Gasteiger partial charge in [0.2, 0.25) is 0 Å². The molecule has 0 aliphatic carbocycles. The summed E-state index contributed by atoms with van der Waals surface area (Å²) in [5.41, 5.74) is 1.23.